The van der Waals surface area contributed by atoms with Crippen LogP contribution in [0, 0.1) is 0 Å². The smallest absolute Gasteiger partial charge is 0.253 e. The van der Waals surface area contributed by atoms with Gasteiger partial charge in [0, 0.05) is 30.7 Å². The van der Waals surface area contributed by atoms with E-state index in [-0.39, 0.29) is 5.69 Å². The van der Waals surface area contributed by atoms with Gasteiger partial charge in [0.05, 0.1) is 0 Å². The Kier molecular flexibility index (Phi) is 5.24. The summed E-state index contributed by atoms with van der Waals surface area (Å²) in [6.45, 7) is 0.556. The Labute approximate surface area is 166 Å². The van der Waals surface area contributed by atoms with Gasteiger partial charge in [-0.2, -0.15) is 0 Å². The Balaban J connectivity index is 1.43. The monoisotopic (exact) mass is 386 g/mol. The number of rotatable bonds is 8. The van der Waals surface area contributed by atoms with Crippen molar-refractivity contribution >= 4 is 28.7 Å². The van der Waals surface area contributed by atoms with E-state index in [0.29, 0.717) is 29.6 Å². The second-order valence-corrected chi connectivity index (χ2v) is 6.34. The molecule has 0 amide bonds. The summed E-state index contributed by atoms with van der Waals surface area (Å²) >= 11 is 0. The molecule has 0 aliphatic heterocycles. The average Bonchev–Trinajstić information content (AvgIpc) is 2.77. The number of anilines is 5. The molecule has 4 aromatic rings. The molecule has 8 heteroatoms. The summed E-state index contributed by atoms with van der Waals surface area (Å²) in [5.74, 6) is 1.15. The van der Waals surface area contributed by atoms with E-state index >= 15 is 0 Å². The van der Waals surface area contributed by atoms with E-state index in [1.807, 2.05) is 30.3 Å². The molecule has 2 aromatic carbocycles. The van der Waals surface area contributed by atoms with Crippen LogP contribution in [0.3, 0.4) is 0 Å². The number of nitrogens with zero attached hydrogens (tertiary/aromatic N) is 3. The van der Waals surface area contributed by atoms with Gasteiger partial charge in [0.2, 0.25) is 0 Å². The van der Waals surface area contributed by atoms with Crippen LogP contribution in [-0.4, -0.2) is 21.5 Å². The maximum absolute atomic E-state index is 12.0. The van der Waals surface area contributed by atoms with E-state index < -0.39 is 10.9 Å². The molecule has 0 spiro atoms. The van der Waals surface area contributed by atoms with E-state index in [0.717, 1.165) is 12.0 Å². The van der Waals surface area contributed by atoms with Gasteiger partial charge in [-0.25, -0.2) is 15.0 Å². The third kappa shape index (κ3) is 4.27. The average molecular weight is 386 g/mol. The Morgan fingerprint density at radius 1 is 0.793 bits per heavy atom. The Bertz CT molecular complexity index is 1170. The molecule has 4 rings (SSSR count). The second-order valence-electron chi connectivity index (χ2n) is 6.34. The van der Waals surface area contributed by atoms with Crippen LogP contribution < -0.4 is 26.8 Å². The molecule has 29 heavy (non-hydrogen) atoms. The van der Waals surface area contributed by atoms with Crippen molar-refractivity contribution in [3.8, 4) is 0 Å². The first-order chi connectivity index (χ1) is 14.2. The molecule has 0 saturated heterocycles. The minimum Gasteiger partial charge on any atom is -0.380 e. The normalized spacial score (nSPS) is 10.6. The summed E-state index contributed by atoms with van der Waals surface area (Å²) in [4.78, 5) is 36.2. The largest absolute Gasteiger partial charge is 0.380 e. The maximum Gasteiger partial charge on any atom is 0.253 e. The predicted octanol–water partition coefficient (Wildman–Crippen LogP) is 2.61. The number of pyridine rings is 1. The van der Waals surface area contributed by atoms with Crippen LogP contribution in [0.2, 0.25) is 0 Å². The van der Waals surface area contributed by atoms with Crippen molar-refractivity contribution in [2.24, 2.45) is 0 Å². The van der Waals surface area contributed by atoms with E-state index in [4.69, 9.17) is 0 Å². The molecule has 144 valence electrons. The molecule has 2 heterocycles. The molecular formula is C21H18N6O2. The molecular weight excluding hydrogens is 368 g/mol. The highest BCUT2D eigenvalue weighted by molar-refractivity contribution is 5.79. The highest BCUT2D eigenvalue weighted by Gasteiger charge is 2.20. The van der Waals surface area contributed by atoms with Crippen molar-refractivity contribution in [3.63, 3.8) is 0 Å². The summed E-state index contributed by atoms with van der Waals surface area (Å²) in [6, 6.07) is 15.1. The topological polar surface area (TPSA) is 109 Å². The summed E-state index contributed by atoms with van der Waals surface area (Å²) in [7, 11) is 0. The molecule has 3 N–H and O–H groups in total. The fourth-order valence-corrected chi connectivity index (χ4v) is 2.87. The third-order valence-electron chi connectivity index (χ3n) is 4.34. The molecule has 0 radical (unpaired) electrons. The van der Waals surface area contributed by atoms with Gasteiger partial charge in [0.15, 0.2) is 0 Å². The molecule has 2 aromatic heterocycles. The first-order valence-electron chi connectivity index (χ1n) is 9.08. The van der Waals surface area contributed by atoms with Gasteiger partial charge in [-0.15, -0.1) is 0 Å². The molecule has 0 aliphatic rings. The SMILES string of the molecule is O=c1c(NCCc2ccccc2)c(Nc2ccnc(Nc3ccncn3)c2)c1=O. The molecule has 0 saturated carbocycles. The summed E-state index contributed by atoms with van der Waals surface area (Å²) in [6.07, 6.45) is 5.40. The van der Waals surface area contributed by atoms with Crippen molar-refractivity contribution in [2.75, 3.05) is 22.5 Å². The molecule has 0 atom stereocenters. The van der Waals surface area contributed by atoms with E-state index in [1.54, 1.807) is 30.6 Å². The lowest BCUT2D eigenvalue weighted by molar-refractivity contribution is 1.01. The number of hydrogen-bond acceptors (Lipinski definition) is 8. The minimum absolute atomic E-state index is 0.266. The van der Waals surface area contributed by atoms with E-state index in [1.165, 1.54) is 6.33 Å². The molecule has 8 nitrogen and oxygen atoms in total. The molecule has 0 aliphatic carbocycles. The van der Waals surface area contributed by atoms with Gasteiger partial charge in [-0.3, -0.25) is 9.59 Å². The second kappa shape index (κ2) is 8.30. The van der Waals surface area contributed by atoms with Gasteiger partial charge in [0.25, 0.3) is 10.9 Å². The van der Waals surface area contributed by atoms with Crippen molar-refractivity contribution in [2.45, 2.75) is 6.42 Å². The van der Waals surface area contributed by atoms with Crippen LogP contribution in [-0.2, 0) is 6.42 Å². The van der Waals surface area contributed by atoms with Crippen molar-refractivity contribution in [1.82, 2.24) is 15.0 Å². The van der Waals surface area contributed by atoms with E-state index in [2.05, 4.69) is 30.9 Å². The maximum atomic E-state index is 12.0. The summed E-state index contributed by atoms with van der Waals surface area (Å²) in [5.41, 5.74) is 1.33. The Hall–Kier alpha value is -4.07. The fraction of sp³-hybridized carbons (Fsp3) is 0.0952. The lowest BCUT2D eigenvalue weighted by Crippen LogP contribution is -2.37. The van der Waals surface area contributed by atoms with Gasteiger partial charge in [-0.05, 0) is 24.1 Å². The number of benzene rings is 1. The first kappa shape index (κ1) is 18.3. The van der Waals surface area contributed by atoms with Crippen LogP contribution in [0.5, 0.6) is 0 Å². The highest BCUT2D eigenvalue weighted by atomic mass is 16.2. The quantitative estimate of drug-likeness (QED) is 0.397. The Morgan fingerprint density at radius 2 is 1.62 bits per heavy atom. The fourth-order valence-electron chi connectivity index (χ4n) is 2.87. The number of aromatic nitrogens is 3. The molecule has 0 bridgehead atoms. The lowest BCUT2D eigenvalue weighted by atomic mass is 10.1. The Morgan fingerprint density at radius 3 is 2.41 bits per heavy atom. The van der Waals surface area contributed by atoms with Crippen LogP contribution in [0.4, 0.5) is 28.7 Å². The van der Waals surface area contributed by atoms with Crippen LogP contribution in [0.25, 0.3) is 0 Å². The zero-order chi connectivity index (χ0) is 20.1. The van der Waals surface area contributed by atoms with Crippen molar-refractivity contribution < 1.29 is 0 Å². The summed E-state index contributed by atoms with van der Waals surface area (Å²) < 4.78 is 0. The van der Waals surface area contributed by atoms with Gasteiger partial charge < -0.3 is 16.0 Å². The number of hydrogen-bond donors (Lipinski definition) is 3. The van der Waals surface area contributed by atoms with Gasteiger partial charge in [0.1, 0.15) is 29.3 Å². The van der Waals surface area contributed by atoms with Gasteiger partial charge in [-0.1, -0.05) is 30.3 Å². The van der Waals surface area contributed by atoms with Crippen LogP contribution in [0.15, 0.2) is 76.8 Å². The predicted molar refractivity (Wildman–Crippen MR) is 113 cm³/mol. The molecule has 0 unspecified atom stereocenters. The number of nitrogens with one attached hydrogen (secondary N) is 3. The van der Waals surface area contributed by atoms with Crippen LogP contribution in [0.1, 0.15) is 5.56 Å². The summed E-state index contributed by atoms with van der Waals surface area (Å²) in [5, 5.41) is 9.14. The lowest BCUT2D eigenvalue weighted by Gasteiger charge is -2.15. The minimum atomic E-state index is -0.533. The molecule has 0 fully saturated rings. The standard InChI is InChI=1S/C21H18N6O2/c28-20-18(24-10-6-14-4-2-1-3-5-14)19(21(20)29)26-15-7-11-23-17(12-15)27-16-8-9-22-13-25-16/h1-5,7-9,11-13,24H,6,10H2,(H2,22,23,25,26,27). The first-order valence-corrected chi connectivity index (χ1v) is 9.08. The van der Waals surface area contributed by atoms with Crippen molar-refractivity contribution in [1.29, 1.82) is 0 Å². The zero-order valence-electron chi connectivity index (χ0n) is 15.4. The van der Waals surface area contributed by atoms with Crippen molar-refractivity contribution in [3.05, 3.63) is 93.3 Å². The highest BCUT2D eigenvalue weighted by Crippen LogP contribution is 2.23. The zero-order valence-corrected chi connectivity index (χ0v) is 15.4. The van der Waals surface area contributed by atoms with Crippen LogP contribution >= 0.6 is 0 Å². The van der Waals surface area contributed by atoms with Gasteiger partial charge >= 0.3 is 0 Å². The third-order valence-corrected chi connectivity index (χ3v) is 4.34. The van der Waals surface area contributed by atoms with E-state index in [9.17, 15) is 9.59 Å².